The van der Waals surface area contributed by atoms with Crippen LogP contribution in [0.25, 0.3) is 33.9 Å². The maximum absolute atomic E-state index is 13.6. The number of aryl methyl sites for hydroxylation is 2. The SMILES string of the molecule is Cc1cccc(-n2c(-c3ccc(F)cc3)cn3c4c(=O)n(C)c(=O)n(C)c4nc23)c1C. The summed E-state index contributed by atoms with van der Waals surface area (Å²) in [5.41, 5.74) is 4.36. The molecule has 5 rings (SSSR count). The molecule has 0 aliphatic rings. The fraction of sp³-hybridized carbons (Fsp3) is 0.174. The van der Waals surface area contributed by atoms with Crippen LogP contribution in [0.5, 0.6) is 0 Å². The fourth-order valence-electron chi connectivity index (χ4n) is 4.01. The van der Waals surface area contributed by atoms with Crippen LogP contribution in [0, 0.1) is 19.7 Å². The number of rotatable bonds is 2. The molecule has 5 aromatic rings. The van der Waals surface area contributed by atoms with E-state index in [4.69, 9.17) is 0 Å². The number of hydrogen-bond donors (Lipinski definition) is 0. The molecule has 8 heteroatoms. The molecule has 31 heavy (non-hydrogen) atoms. The van der Waals surface area contributed by atoms with E-state index in [1.165, 1.54) is 23.7 Å². The Hall–Kier alpha value is -3.94. The summed E-state index contributed by atoms with van der Waals surface area (Å²) in [5.74, 6) is 0.175. The largest absolute Gasteiger partial charge is 0.332 e. The molecular formula is C23H20FN5O2. The maximum atomic E-state index is 13.6. The monoisotopic (exact) mass is 417 g/mol. The van der Waals surface area contributed by atoms with E-state index in [2.05, 4.69) is 4.98 Å². The molecule has 2 aromatic carbocycles. The van der Waals surface area contributed by atoms with Gasteiger partial charge in [0.05, 0.1) is 11.4 Å². The highest BCUT2D eigenvalue weighted by atomic mass is 19.1. The normalized spacial score (nSPS) is 11.6. The van der Waals surface area contributed by atoms with E-state index >= 15 is 0 Å². The second kappa shape index (κ2) is 6.53. The molecule has 0 bridgehead atoms. The van der Waals surface area contributed by atoms with Gasteiger partial charge in [-0.15, -0.1) is 0 Å². The van der Waals surface area contributed by atoms with Gasteiger partial charge in [0.25, 0.3) is 5.56 Å². The molecule has 0 fully saturated rings. The Balaban J connectivity index is 1.99. The molecule has 3 aromatic heterocycles. The van der Waals surface area contributed by atoms with Crippen molar-refractivity contribution in [2.45, 2.75) is 13.8 Å². The Kier molecular flexibility index (Phi) is 4.01. The summed E-state index contributed by atoms with van der Waals surface area (Å²) in [6.07, 6.45) is 1.81. The van der Waals surface area contributed by atoms with Gasteiger partial charge in [0.2, 0.25) is 5.78 Å². The van der Waals surface area contributed by atoms with Crippen LogP contribution in [0.15, 0.2) is 58.3 Å². The van der Waals surface area contributed by atoms with Gasteiger partial charge >= 0.3 is 5.69 Å². The van der Waals surface area contributed by atoms with E-state index in [1.807, 2.05) is 42.8 Å². The Bertz CT molecular complexity index is 1620. The smallest absolute Gasteiger partial charge is 0.279 e. The van der Waals surface area contributed by atoms with Crippen LogP contribution in [0.4, 0.5) is 4.39 Å². The molecule has 0 aliphatic carbocycles. The first-order valence-corrected chi connectivity index (χ1v) is 9.81. The van der Waals surface area contributed by atoms with Gasteiger partial charge in [-0.05, 0) is 55.3 Å². The van der Waals surface area contributed by atoms with E-state index in [0.29, 0.717) is 16.9 Å². The molecule has 0 radical (unpaired) electrons. The number of nitrogens with zero attached hydrogens (tertiary/aromatic N) is 5. The zero-order valence-electron chi connectivity index (χ0n) is 17.5. The zero-order valence-corrected chi connectivity index (χ0v) is 17.5. The van der Waals surface area contributed by atoms with Crippen molar-refractivity contribution in [3.05, 3.63) is 86.4 Å². The van der Waals surface area contributed by atoms with Crippen LogP contribution in [-0.2, 0) is 14.1 Å². The molecule has 0 spiro atoms. The average molecular weight is 417 g/mol. The van der Waals surface area contributed by atoms with Gasteiger partial charge in [0.1, 0.15) is 5.82 Å². The molecule has 0 amide bonds. The molecule has 0 saturated heterocycles. The van der Waals surface area contributed by atoms with Gasteiger partial charge in [-0.25, -0.2) is 9.18 Å². The van der Waals surface area contributed by atoms with E-state index < -0.39 is 11.2 Å². The fourth-order valence-corrected chi connectivity index (χ4v) is 4.01. The first-order valence-electron chi connectivity index (χ1n) is 9.81. The highest BCUT2D eigenvalue weighted by Crippen LogP contribution is 2.31. The lowest BCUT2D eigenvalue weighted by molar-refractivity contribution is 0.628. The lowest BCUT2D eigenvalue weighted by Gasteiger charge is -2.13. The number of halogens is 1. The second-order valence-corrected chi connectivity index (χ2v) is 7.74. The molecule has 0 atom stereocenters. The average Bonchev–Trinajstić information content (AvgIpc) is 3.30. The molecule has 156 valence electrons. The molecule has 7 nitrogen and oxygen atoms in total. The Morgan fingerprint density at radius 1 is 0.935 bits per heavy atom. The van der Waals surface area contributed by atoms with E-state index in [-0.39, 0.29) is 5.82 Å². The van der Waals surface area contributed by atoms with Crippen LogP contribution in [0.1, 0.15) is 11.1 Å². The Morgan fingerprint density at radius 2 is 1.65 bits per heavy atom. The van der Waals surface area contributed by atoms with Crippen LogP contribution < -0.4 is 11.2 Å². The van der Waals surface area contributed by atoms with Gasteiger partial charge in [0.15, 0.2) is 11.2 Å². The maximum Gasteiger partial charge on any atom is 0.332 e. The molecular weight excluding hydrogens is 397 g/mol. The minimum Gasteiger partial charge on any atom is -0.279 e. The molecule has 0 N–H and O–H groups in total. The zero-order chi connectivity index (χ0) is 22.0. The number of hydrogen-bond acceptors (Lipinski definition) is 3. The molecule has 0 unspecified atom stereocenters. The van der Waals surface area contributed by atoms with Crippen molar-refractivity contribution in [2.24, 2.45) is 14.1 Å². The summed E-state index contributed by atoms with van der Waals surface area (Å²) < 4.78 is 19.7. The summed E-state index contributed by atoms with van der Waals surface area (Å²) in [4.78, 5) is 30.1. The van der Waals surface area contributed by atoms with Crippen molar-refractivity contribution in [3.63, 3.8) is 0 Å². The third-order valence-electron chi connectivity index (χ3n) is 5.92. The summed E-state index contributed by atoms with van der Waals surface area (Å²) in [6, 6.07) is 12.2. The first-order chi connectivity index (χ1) is 14.8. The predicted molar refractivity (Wildman–Crippen MR) is 117 cm³/mol. The molecule has 0 aliphatic heterocycles. The summed E-state index contributed by atoms with van der Waals surface area (Å²) in [6.45, 7) is 4.05. The molecule has 3 heterocycles. The summed E-state index contributed by atoms with van der Waals surface area (Å²) in [7, 11) is 3.05. The quantitative estimate of drug-likeness (QED) is 0.443. The Morgan fingerprint density at radius 3 is 2.35 bits per heavy atom. The van der Waals surface area contributed by atoms with E-state index in [9.17, 15) is 14.0 Å². The minimum atomic E-state index is -0.435. The van der Waals surface area contributed by atoms with Crippen LogP contribution in [-0.4, -0.2) is 23.1 Å². The summed E-state index contributed by atoms with van der Waals surface area (Å²) >= 11 is 0. The van der Waals surface area contributed by atoms with Crippen LogP contribution in [0.3, 0.4) is 0 Å². The van der Waals surface area contributed by atoms with Gasteiger partial charge in [0, 0.05) is 25.9 Å². The second-order valence-electron chi connectivity index (χ2n) is 7.74. The highest BCUT2D eigenvalue weighted by molar-refractivity contribution is 5.79. The lowest BCUT2D eigenvalue weighted by Crippen LogP contribution is -2.37. The number of fused-ring (bicyclic) bond motifs is 3. The third kappa shape index (κ3) is 2.61. The van der Waals surface area contributed by atoms with Crippen molar-refractivity contribution < 1.29 is 4.39 Å². The van der Waals surface area contributed by atoms with Crippen molar-refractivity contribution in [1.82, 2.24) is 23.1 Å². The van der Waals surface area contributed by atoms with E-state index in [1.54, 1.807) is 23.6 Å². The van der Waals surface area contributed by atoms with Gasteiger partial charge < -0.3 is 0 Å². The first kappa shape index (κ1) is 19.0. The van der Waals surface area contributed by atoms with E-state index in [0.717, 1.165) is 32.6 Å². The molecule has 0 saturated carbocycles. The highest BCUT2D eigenvalue weighted by Gasteiger charge is 2.22. The lowest BCUT2D eigenvalue weighted by atomic mass is 10.1. The van der Waals surface area contributed by atoms with Crippen molar-refractivity contribution in [3.8, 4) is 16.9 Å². The predicted octanol–water partition coefficient (Wildman–Crippen LogP) is 3.10. The van der Waals surface area contributed by atoms with Crippen molar-refractivity contribution in [2.75, 3.05) is 0 Å². The third-order valence-corrected chi connectivity index (χ3v) is 5.92. The Labute approximate surface area is 176 Å². The van der Waals surface area contributed by atoms with Gasteiger partial charge in [-0.1, -0.05) is 12.1 Å². The van der Waals surface area contributed by atoms with Crippen molar-refractivity contribution >= 4 is 16.9 Å². The summed E-state index contributed by atoms with van der Waals surface area (Å²) in [5, 5.41) is 0. The van der Waals surface area contributed by atoms with Crippen molar-refractivity contribution in [1.29, 1.82) is 0 Å². The topological polar surface area (TPSA) is 66.2 Å². The van der Waals surface area contributed by atoms with Crippen LogP contribution in [0.2, 0.25) is 0 Å². The van der Waals surface area contributed by atoms with Gasteiger partial charge in [-0.3, -0.25) is 22.9 Å². The number of aromatic nitrogens is 5. The number of imidazole rings is 2. The number of benzene rings is 2. The van der Waals surface area contributed by atoms with Gasteiger partial charge in [-0.2, -0.15) is 4.98 Å². The van der Waals surface area contributed by atoms with Crippen LogP contribution >= 0.6 is 0 Å². The standard InChI is InChI=1S/C23H20FN5O2/c1-13-6-5-7-17(14(13)2)29-18(15-8-10-16(24)11-9-15)12-28-19-20(25-22(28)29)26(3)23(31)27(4)21(19)30/h5-12H,1-4H3. The minimum absolute atomic E-state index is 0.312.